The molecule has 0 aliphatic carbocycles. The molecule has 0 saturated carbocycles. The number of carbonyl (C=O) groups is 3. The number of benzene rings is 1. The Hall–Kier alpha value is -5.02. The first-order valence-corrected chi connectivity index (χ1v) is 18.6. The van der Waals surface area contributed by atoms with Crippen molar-refractivity contribution in [2.24, 2.45) is 5.92 Å². The summed E-state index contributed by atoms with van der Waals surface area (Å²) in [5.41, 5.74) is 2.94. The summed E-state index contributed by atoms with van der Waals surface area (Å²) >= 11 is 0. The third-order valence-electron chi connectivity index (χ3n) is 10.6. The molecular formula is C38H49N9O6. The monoisotopic (exact) mass is 727 g/mol. The smallest absolute Gasteiger partial charge is 0.243 e. The standard InChI is InChI=1S/C38H49N9O6/c1-22(2)35(38(52)47-21-26(48)17-30(47)37(51)39-23(3)4)32-18-33(43-53-32)45-13-11-44(12-14-45)10-9-34(50)46-19-25(20-46)28-15-24-16-29(41-42-36(24)40-28)27-7-5-6-8-31(27)49/h5-8,15-16,18,22-23,25-26,30,35,48-49H,9-14,17,19-21H2,1-4H3,(H,39,51)(H,40,42)/t26-,30+,35-/m1/s1. The van der Waals surface area contributed by atoms with E-state index in [-0.39, 0.29) is 54.3 Å². The minimum atomic E-state index is -0.761. The number of amides is 3. The largest absolute Gasteiger partial charge is 0.507 e. The lowest BCUT2D eigenvalue weighted by atomic mass is 9.91. The number of para-hydroxylation sites is 1. The fraction of sp³-hybridized carbons (Fsp3) is 0.526. The number of nitrogens with zero attached hydrogens (tertiary/aromatic N) is 7. The molecule has 4 aromatic rings. The van der Waals surface area contributed by atoms with Gasteiger partial charge in [-0.25, -0.2) is 0 Å². The molecule has 15 heteroatoms. The Balaban J connectivity index is 0.879. The number of phenolic OH excluding ortho intramolecular Hbond substituents is 1. The predicted octanol–water partition coefficient (Wildman–Crippen LogP) is 2.68. The quantitative estimate of drug-likeness (QED) is 0.178. The van der Waals surface area contributed by atoms with E-state index in [2.05, 4.69) is 41.5 Å². The third-order valence-corrected chi connectivity index (χ3v) is 10.6. The van der Waals surface area contributed by atoms with Crippen molar-refractivity contribution in [2.75, 3.05) is 57.3 Å². The number of β-amino-alcohol motifs (C(OH)–C–C–N with tert-alkyl or cyclic N) is 1. The number of aromatic hydroxyl groups is 1. The highest BCUT2D eigenvalue weighted by Crippen LogP contribution is 2.34. The number of aliphatic hydroxyl groups is 1. The molecule has 0 unspecified atom stereocenters. The van der Waals surface area contributed by atoms with Gasteiger partial charge in [-0.05, 0) is 44.0 Å². The van der Waals surface area contributed by atoms with Crippen LogP contribution in [0.5, 0.6) is 5.75 Å². The zero-order valence-corrected chi connectivity index (χ0v) is 30.7. The normalized spacial score (nSPS) is 20.4. The first-order chi connectivity index (χ1) is 25.4. The number of likely N-dealkylation sites (tertiary alicyclic amines) is 2. The number of hydrogen-bond donors (Lipinski definition) is 4. The van der Waals surface area contributed by atoms with Crippen LogP contribution in [0.4, 0.5) is 5.82 Å². The van der Waals surface area contributed by atoms with Gasteiger partial charge in [0.2, 0.25) is 17.7 Å². The van der Waals surface area contributed by atoms with E-state index in [1.807, 2.05) is 56.9 Å². The van der Waals surface area contributed by atoms with Gasteiger partial charge in [0, 0.05) is 99.9 Å². The first kappa shape index (κ1) is 36.3. The highest BCUT2D eigenvalue weighted by Gasteiger charge is 2.43. The molecule has 0 radical (unpaired) electrons. The second-order valence-corrected chi connectivity index (χ2v) is 15.2. The average molecular weight is 728 g/mol. The van der Waals surface area contributed by atoms with Crippen molar-refractivity contribution in [3.8, 4) is 17.0 Å². The molecule has 7 rings (SSSR count). The van der Waals surface area contributed by atoms with Gasteiger partial charge in [0.15, 0.2) is 17.2 Å². The van der Waals surface area contributed by atoms with Crippen LogP contribution in [0.1, 0.15) is 63.8 Å². The molecule has 3 saturated heterocycles. The SMILES string of the molecule is CC(C)NC(=O)[C@@H]1C[C@@H](O)CN1C(=O)[C@@H](c1cc(N2CCN(CCC(=O)N3CC(c4cc5cc(-c6ccccc6O)nnc5[nH]4)C3)CC2)no1)C(C)C. The fourth-order valence-corrected chi connectivity index (χ4v) is 7.66. The Bertz CT molecular complexity index is 1940. The number of aliphatic hydroxyl groups excluding tert-OH is 1. The van der Waals surface area contributed by atoms with Gasteiger partial charge < -0.3 is 39.7 Å². The number of anilines is 1. The molecule has 3 aromatic heterocycles. The number of aromatic nitrogens is 4. The molecule has 0 spiro atoms. The van der Waals surface area contributed by atoms with Gasteiger partial charge in [0.05, 0.1) is 11.8 Å². The molecule has 15 nitrogen and oxygen atoms in total. The summed E-state index contributed by atoms with van der Waals surface area (Å²) in [6, 6.07) is 12.0. The van der Waals surface area contributed by atoms with Gasteiger partial charge in [-0.3, -0.25) is 19.3 Å². The number of aromatic amines is 1. The number of carbonyl (C=O) groups excluding carboxylic acids is 3. The second-order valence-electron chi connectivity index (χ2n) is 15.2. The Morgan fingerprint density at radius 1 is 1.00 bits per heavy atom. The summed E-state index contributed by atoms with van der Waals surface area (Å²) in [6.45, 7) is 12.6. The maximum absolute atomic E-state index is 13.8. The van der Waals surface area contributed by atoms with Crippen LogP contribution in [-0.4, -0.2) is 134 Å². The minimum Gasteiger partial charge on any atom is -0.507 e. The lowest BCUT2D eigenvalue weighted by Crippen LogP contribution is -2.50. The lowest BCUT2D eigenvalue weighted by Gasteiger charge is -2.40. The summed E-state index contributed by atoms with van der Waals surface area (Å²) in [7, 11) is 0. The lowest BCUT2D eigenvalue weighted by molar-refractivity contribution is -0.141. The van der Waals surface area contributed by atoms with Crippen LogP contribution >= 0.6 is 0 Å². The number of hydrogen-bond acceptors (Lipinski definition) is 11. The van der Waals surface area contributed by atoms with Gasteiger partial charge in [-0.2, -0.15) is 0 Å². The van der Waals surface area contributed by atoms with E-state index in [0.717, 1.165) is 24.2 Å². The van der Waals surface area contributed by atoms with Gasteiger partial charge >= 0.3 is 0 Å². The number of piperazine rings is 1. The highest BCUT2D eigenvalue weighted by atomic mass is 16.5. The zero-order chi connectivity index (χ0) is 37.4. The Morgan fingerprint density at radius 3 is 2.47 bits per heavy atom. The van der Waals surface area contributed by atoms with E-state index < -0.39 is 18.1 Å². The highest BCUT2D eigenvalue weighted by molar-refractivity contribution is 5.91. The predicted molar refractivity (Wildman–Crippen MR) is 197 cm³/mol. The Kier molecular flexibility index (Phi) is 10.4. The fourth-order valence-electron chi connectivity index (χ4n) is 7.66. The van der Waals surface area contributed by atoms with E-state index in [1.54, 1.807) is 12.1 Å². The van der Waals surface area contributed by atoms with Crippen molar-refractivity contribution in [1.29, 1.82) is 0 Å². The van der Waals surface area contributed by atoms with Crippen molar-refractivity contribution in [3.63, 3.8) is 0 Å². The Morgan fingerprint density at radius 2 is 1.75 bits per heavy atom. The molecule has 0 bridgehead atoms. The molecule has 3 atom stereocenters. The van der Waals surface area contributed by atoms with Crippen molar-refractivity contribution in [1.82, 2.24) is 40.4 Å². The van der Waals surface area contributed by atoms with Crippen molar-refractivity contribution >= 4 is 34.6 Å². The van der Waals surface area contributed by atoms with Gasteiger partial charge in [-0.15, -0.1) is 10.2 Å². The minimum absolute atomic E-state index is 0.0772. The van der Waals surface area contributed by atoms with Crippen LogP contribution in [0.2, 0.25) is 0 Å². The van der Waals surface area contributed by atoms with Crippen LogP contribution in [0, 0.1) is 5.92 Å². The van der Waals surface area contributed by atoms with Crippen LogP contribution in [0.15, 0.2) is 47.0 Å². The number of fused-ring (bicyclic) bond motifs is 1. The summed E-state index contributed by atoms with van der Waals surface area (Å²) in [5.74, 6) is 0.340. The number of phenols is 1. The van der Waals surface area contributed by atoms with Crippen molar-refractivity contribution in [2.45, 2.75) is 70.6 Å². The summed E-state index contributed by atoms with van der Waals surface area (Å²) < 4.78 is 5.76. The Labute approximate surface area is 308 Å². The number of rotatable bonds is 11. The molecule has 6 heterocycles. The third kappa shape index (κ3) is 7.72. The summed E-state index contributed by atoms with van der Waals surface area (Å²) in [4.78, 5) is 50.9. The molecule has 1 aromatic carbocycles. The molecule has 3 aliphatic heterocycles. The summed E-state index contributed by atoms with van der Waals surface area (Å²) in [6.07, 6.45) is -0.109. The van der Waals surface area contributed by atoms with Gasteiger partial charge in [-0.1, -0.05) is 31.1 Å². The molecule has 3 fully saturated rings. The molecule has 3 aliphatic rings. The van der Waals surface area contributed by atoms with Crippen LogP contribution in [0.25, 0.3) is 22.3 Å². The number of H-pyrrole nitrogens is 1. The van der Waals surface area contributed by atoms with E-state index >= 15 is 0 Å². The second kappa shape index (κ2) is 15.1. The van der Waals surface area contributed by atoms with Crippen molar-refractivity contribution < 1.29 is 29.1 Å². The van der Waals surface area contributed by atoms with Crippen LogP contribution < -0.4 is 10.2 Å². The maximum atomic E-state index is 13.8. The van der Waals surface area contributed by atoms with Crippen LogP contribution in [-0.2, 0) is 14.4 Å². The number of nitrogens with one attached hydrogen (secondary N) is 2. The molecule has 4 N–H and O–H groups in total. The topological polar surface area (TPSA) is 184 Å². The van der Waals surface area contributed by atoms with Gasteiger partial charge in [0.25, 0.3) is 0 Å². The maximum Gasteiger partial charge on any atom is 0.243 e. The molecule has 282 valence electrons. The van der Waals surface area contributed by atoms with E-state index in [1.165, 1.54) is 4.90 Å². The first-order valence-electron chi connectivity index (χ1n) is 18.6. The van der Waals surface area contributed by atoms with Crippen molar-refractivity contribution in [3.05, 3.63) is 53.9 Å². The van der Waals surface area contributed by atoms with E-state index in [0.29, 0.717) is 67.6 Å². The molecule has 3 amide bonds. The molecular weight excluding hydrogens is 678 g/mol. The summed E-state index contributed by atoms with van der Waals surface area (Å²) in [5, 5.41) is 37.3. The van der Waals surface area contributed by atoms with E-state index in [9.17, 15) is 24.6 Å². The van der Waals surface area contributed by atoms with E-state index in [4.69, 9.17) is 4.52 Å². The van der Waals surface area contributed by atoms with Gasteiger partial charge in [0.1, 0.15) is 17.7 Å². The molecule has 53 heavy (non-hydrogen) atoms. The zero-order valence-electron chi connectivity index (χ0n) is 30.7. The average Bonchev–Trinajstić information content (AvgIpc) is 3.85. The van der Waals surface area contributed by atoms with Crippen LogP contribution in [0.3, 0.4) is 0 Å².